The standard InChI is InChI=1S/C23H22N2O3S/c1-15-12-18-6-5-16(14-24-22(26)21-4-3-11-29-21)13-20(18)25(15)23(27)17-7-9-19(28-2)10-8-17/h3-11,13,15H,12,14H2,1-2H3,(H,24,26). The van der Waals surface area contributed by atoms with Crippen molar-refractivity contribution in [1.82, 2.24) is 5.32 Å². The van der Waals surface area contributed by atoms with Crippen molar-refractivity contribution >= 4 is 28.8 Å². The highest BCUT2D eigenvalue weighted by atomic mass is 32.1. The zero-order chi connectivity index (χ0) is 20.4. The van der Waals surface area contributed by atoms with Gasteiger partial charge in [0.25, 0.3) is 11.8 Å². The number of anilines is 1. The maximum absolute atomic E-state index is 13.2. The molecule has 1 aliphatic heterocycles. The summed E-state index contributed by atoms with van der Waals surface area (Å²) in [6.07, 6.45) is 0.819. The fourth-order valence-corrected chi connectivity index (χ4v) is 4.26. The third-order valence-electron chi connectivity index (χ3n) is 5.12. The third kappa shape index (κ3) is 3.89. The molecule has 2 amide bonds. The molecule has 0 fully saturated rings. The van der Waals surface area contributed by atoms with Gasteiger partial charge in [-0.05, 0) is 66.2 Å². The summed E-state index contributed by atoms with van der Waals surface area (Å²) in [6, 6.07) is 17.0. The first-order valence-corrected chi connectivity index (χ1v) is 10.4. The van der Waals surface area contributed by atoms with Crippen LogP contribution in [0.5, 0.6) is 5.75 Å². The molecule has 0 spiro atoms. The summed E-state index contributed by atoms with van der Waals surface area (Å²) >= 11 is 1.42. The molecule has 6 heteroatoms. The van der Waals surface area contributed by atoms with Crippen LogP contribution >= 0.6 is 11.3 Å². The fourth-order valence-electron chi connectivity index (χ4n) is 3.62. The molecular weight excluding hydrogens is 384 g/mol. The maximum atomic E-state index is 13.2. The Morgan fingerprint density at radius 3 is 2.66 bits per heavy atom. The summed E-state index contributed by atoms with van der Waals surface area (Å²) < 4.78 is 5.18. The summed E-state index contributed by atoms with van der Waals surface area (Å²) in [5, 5.41) is 4.83. The van der Waals surface area contributed by atoms with Gasteiger partial charge in [0.2, 0.25) is 0 Å². The Balaban J connectivity index is 1.53. The van der Waals surface area contributed by atoms with E-state index < -0.39 is 0 Å². The zero-order valence-electron chi connectivity index (χ0n) is 16.3. The second-order valence-corrected chi connectivity index (χ2v) is 8.03. The van der Waals surface area contributed by atoms with Crippen LogP contribution < -0.4 is 15.0 Å². The van der Waals surface area contributed by atoms with Crippen LogP contribution in [0.15, 0.2) is 60.0 Å². The van der Waals surface area contributed by atoms with Crippen LogP contribution in [-0.4, -0.2) is 25.0 Å². The van der Waals surface area contributed by atoms with Crippen molar-refractivity contribution in [2.24, 2.45) is 0 Å². The number of carbonyl (C=O) groups is 2. The van der Waals surface area contributed by atoms with Crippen molar-refractivity contribution in [2.45, 2.75) is 25.9 Å². The highest BCUT2D eigenvalue weighted by Crippen LogP contribution is 2.34. The highest BCUT2D eigenvalue weighted by molar-refractivity contribution is 7.12. The van der Waals surface area contributed by atoms with Gasteiger partial charge in [0, 0.05) is 23.8 Å². The molecule has 1 atom stereocenters. The van der Waals surface area contributed by atoms with Crippen molar-refractivity contribution in [3.05, 3.63) is 81.5 Å². The summed E-state index contributed by atoms with van der Waals surface area (Å²) in [7, 11) is 1.61. The van der Waals surface area contributed by atoms with E-state index in [0.717, 1.165) is 29.0 Å². The van der Waals surface area contributed by atoms with Gasteiger partial charge in [0.05, 0.1) is 12.0 Å². The average molecular weight is 407 g/mol. The number of hydrogen-bond acceptors (Lipinski definition) is 4. The van der Waals surface area contributed by atoms with Gasteiger partial charge in [0.15, 0.2) is 0 Å². The van der Waals surface area contributed by atoms with Crippen molar-refractivity contribution in [3.63, 3.8) is 0 Å². The van der Waals surface area contributed by atoms with Gasteiger partial charge in [-0.15, -0.1) is 11.3 Å². The Labute approximate surface area is 173 Å². The van der Waals surface area contributed by atoms with Gasteiger partial charge in [-0.2, -0.15) is 0 Å². The quantitative estimate of drug-likeness (QED) is 0.688. The molecule has 2 heterocycles. The van der Waals surface area contributed by atoms with Crippen molar-refractivity contribution in [2.75, 3.05) is 12.0 Å². The smallest absolute Gasteiger partial charge is 0.261 e. The number of fused-ring (bicyclic) bond motifs is 1. The van der Waals surface area contributed by atoms with E-state index in [1.807, 2.05) is 28.5 Å². The third-order valence-corrected chi connectivity index (χ3v) is 5.99. The molecule has 1 aliphatic rings. The van der Waals surface area contributed by atoms with Crippen LogP contribution in [0.3, 0.4) is 0 Å². The van der Waals surface area contributed by atoms with Crippen molar-refractivity contribution in [3.8, 4) is 5.75 Å². The largest absolute Gasteiger partial charge is 0.497 e. The van der Waals surface area contributed by atoms with Gasteiger partial charge in [0.1, 0.15) is 5.75 Å². The molecule has 29 heavy (non-hydrogen) atoms. The molecule has 0 aliphatic carbocycles. The Bertz CT molecular complexity index is 1030. The lowest BCUT2D eigenvalue weighted by Crippen LogP contribution is -2.35. The molecule has 1 unspecified atom stereocenters. The molecule has 0 saturated heterocycles. The molecule has 1 N–H and O–H groups in total. The molecule has 0 radical (unpaired) electrons. The predicted octanol–water partition coefficient (Wildman–Crippen LogP) is 4.28. The number of benzene rings is 2. The van der Waals surface area contributed by atoms with Gasteiger partial charge in [-0.25, -0.2) is 0 Å². The normalized spacial score (nSPS) is 15.1. The summed E-state index contributed by atoms with van der Waals surface area (Å²) in [6.45, 7) is 2.47. The molecular formula is C23H22N2O3S. The minimum absolute atomic E-state index is 0.0290. The van der Waals surface area contributed by atoms with E-state index in [9.17, 15) is 9.59 Å². The minimum atomic E-state index is -0.0833. The number of carbonyl (C=O) groups excluding carboxylic acids is 2. The van der Waals surface area contributed by atoms with Gasteiger partial charge in [-0.1, -0.05) is 18.2 Å². The van der Waals surface area contributed by atoms with Crippen LogP contribution in [-0.2, 0) is 13.0 Å². The lowest BCUT2D eigenvalue weighted by molar-refractivity contribution is 0.0952. The van der Waals surface area contributed by atoms with E-state index >= 15 is 0 Å². The lowest BCUT2D eigenvalue weighted by Gasteiger charge is -2.23. The number of nitrogens with zero attached hydrogens (tertiary/aromatic N) is 1. The van der Waals surface area contributed by atoms with E-state index in [-0.39, 0.29) is 17.9 Å². The predicted molar refractivity (Wildman–Crippen MR) is 115 cm³/mol. The van der Waals surface area contributed by atoms with Gasteiger partial charge >= 0.3 is 0 Å². The van der Waals surface area contributed by atoms with E-state index in [2.05, 4.69) is 18.3 Å². The fraction of sp³-hybridized carbons (Fsp3) is 0.217. The Morgan fingerprint density at radius 1 is 1.17 bits per heavy atom. The summed E-state index contributed by atoms with van der Waals surface area (Å²) in [5.41, 5.74) is 3.66. The molecule has 5 nitrogen and oxygen atoms in total. The minimum Gasteiger partial charge on any atom is -0.497 e. The van der Waals surface area contributed by atoms with E-state index in [0.29, 0.717) is 17.0 Å². The van der Waals surface area contributed by atoms with Crippen LogP contribution in [0, 0.1) is 0 Å². The first kappa shape index (κ1) is 19.2. The molecule has 0 saturated carbocycles. The van der Waals surface area contributed by atoms with Gasteiger partial charge < -0.3 is 15.0 Å². The first-order chi connectivity index (χ1) is 14.1. The van der Waals surface area contributed by atoms with Crippen LogP contribution in [0.4, 0.5) is 5.69 Å². The zero-order valence-corrected chi connectivity index (χ0v) is 17.2. The molecule has 148 valence electrons. The average Bonchev–Trinajstić information content (AvgIpc) is 3.39. The summed E-state index contributed by atoms with van der Waals surface area (Å²) in [5.74, 6) is 0.610. The van der Waals surface area contributed by atoms with Crippen molar-refractivity contribution < 1.29 is 14.3 Å². The Kier molecular flexibility index (Phi) is 5.36. The number of ether oxygens (including phenoxy) is 1. The number of amides is 2. The lowest BCUT2D eigenvalue weighted by atomic mass is 10.1. The van der Waals surface area contributed by atoms with Crippen LogP contribution in [0.1, 0.15) is 38.1 Å². The highest BCUT2D eigenvalue weighted by Gasteiger charge is 2.31. The van der Waals surface area contributed by atoms with Crippen LogP contribution in [0.2, 0.25) is 0 Å². The maximum Gasteiger partial charge on any atom is 0.261 e. The molecule has 1 aromatic heterocycles. The SMILES string of the molecule is COc1ccc(C(=O)N2c3cc(CNC(=O)c4cccs4)ccc3CC2C)cc1. The van der Waals surface area contributed by atoms with Crippen molar-refractivity contribution in [1.29, 1.82) is 0 Å². The Hall–Kier alpha value is -3.12. The number of rotatable bonds is 5. The first-order valence-electron chi connectivity index (χ1n) is 9.48. The molecule has 3 aromatic rings. The molecule has 4 rings (SSSR count). The second kappa shape index (κ2) is 8.09. The summed E-state index contributed by atoms with van der Waals surface area (Å²) in [4.78, 5) is 27.9. The van der Waals surface area contributed by atoms with Crippen LogP contribution in [0.25, 0.3) is 0 Å². The topological polar surface area (TPSA) is 58.6 Å². The van der Waals surface area contributed by atoms with E-state index in [4.69, 9.17) is 4.74 Å². The monoisotopic (exact) mass is 406 g/mol. The van der Waals surface area contributed by atoms with E-state index in [1.165, 1.54) is 11.3 Å². The number of nitrogens with one attached hydrogen (secondary N) is 1. The molecule has 0 bridgehead atoms. The van der Waals surface area contributed by atoms with E-state index in [1.54, 1.807) is 37.4 Å². The second-order valence-electron chi connectivity index (χ2n) is 7.08. The molecule has 2 aromatic carbocycles. The van der Waals surface area contributed by atoms with Gasteiger partial charge in [-0.3, -0.25) is 9.59 Å². The number of thiophene rings is 1. The number of hydrogen-bond donors (Lipinski definition) is 1. The number of methoxy groups -OCH3 is 1. The Morgan fingerprint density at radius 2 is 1.97 bits per heavy atom.